The number of nitro groups is 1. The number of ether oxygens (including phenoxy) is 1. The van der Waals surface area contributed by atoms with Gasteiger partial charge in [-0.2, -0.15) is 0 Å². The number of carbonyl (C=O) groups is 2. The zero-order chi connectivity index (χ0) is 20.9. The molecule has 28 heavy (non-hydrogen) atoms. The molecule has 0 bridgehead atoms. The van der Waals surface area contributed by atoms with Crippen LogP contribution in [0.3, 0.4) is 0 Å². The Hall–Kier alpha value is -2.57. The van der Waals surface area contributed by atoms with Gasteiger partial charge in [0.05, 0.1) is 9.82 Å². The smallest absolute Gasteiger partial charge is 0.409 e. The molecule has 1 heterocycles. The van der Waals surface area contributed by atoms with Crippen molar-refractivity contribution >= 4 is 28.8 Å². The number of rotatable bonds is 6. The van der Waals surface area contributed by atoms with Crippen molar-refractivity contribution in [1.29, 1.82) is 0 Å². The molecular formula is C16H22N4O7S. The molecule has 1 aliphatic heterocycles. The standard InChI is InChI=1S/C16H22N4O7S/c1-15(2,3)27-14(22)19-16(13(21)17-8-9-18-16)10-26-28(25)12-6-4-11(5-7-12)20(23)24/h4-7,18H,8-10H2,1-3H3,(H,17,21)(H,19,22). The van der Waals surface area contributed by atoms with Gasteiger partial charge in [-0.05, 0) is 32.9 Å². The molecule has 11 nitrogen and oxygen atoms in total. The van der Waals surface area contributed by atoms with Gasteiger partial charge >= 0.3 is 6.09 Å². The van der Waals surface area contributed by atoms with Gasteiger partial charge in [0.1, 0.15) is 12.2 Å². The van der Waals surface area contributed by atoms with E-state index in [0.717, 1.165) is 0 Å². The minimum Gasteiger partial charge on any atom is -0.444 e. The van der Waals surface area contributed by atoms with Crippen LogP contribution in [0.15, 0.2) is 29.2 Å². The first-order valence-electron chi connectivity index (χ1n) is 8.36. The molecule has 0 saturated carbocycles. The number of amides is 2. The third-order valence-electron chi connectivity index (χ3n) is 3.56. The van der Waals surface area contributed by atoms with Crippen LogP contribution in [0.1, 0.15) is 20.8 Å². The fraction of sp³-hybridized carbons (Fsp3) is 0.500. The van der Waals surface area contributed by atoms with Crippen LogP contribution in [-0.2, 0) is 24.8 Å². The SMILES string of the molecule is CC(C)(C)OC(=O)NC1(COS(=O)c2ccc([N+](=O)[O-])cc2)NCCNC1=O. The normalized spacial score (nSPS) is 20.8. The molecule has 0 aromatic heterocycles. The summed E-state index contributed by atoms with van der Waals surface area (Å²) in [5.74, 6) is -0.565. The minimum atomic E-state index is -2.02. The molecule has 0 aliphatic carbocycles. The number of benzene rings is 1. The summed E-state index contributed by atoms with van der Waals surface area (Å²) in [5, 5.41) is 18.6. The number of non-ortho nitro benzene ring substituents is 1. The van der Waals surface area contributed by atoms with Crippen LogP contribution in [-0.4, -0.2) is 52.1 Å². The van der Waals surface area contributed by atoms with E-state index >= 15 is 0 Å². The van der Waals surface area contributed by atoms with Gasteiger partial charge in [0, 0.05) is 25.2 Å². The van der Waals surface area contributed by atoms with Crippen LogP contribution in [0.2, 0.25) is 0 Å². The van der Waals surface area contributed by atoms with Gasteiger partial charge in [-0.15, -0.1) is 0 Å². The van der Waals surface area contributed by atoms with Crippen molar-refractivity contribution in [3.63, 3.8) is 0 Å². The molecule has 2 unspecified atom stereocenters. The molecule has 12 heteroatoms. The Morgan fingerprint density at radius 1 is 1.32 bits per heavy atom. The zero-order valence-electron chi connectivity index (χ0n) is 15.6. The van der Waals surface area contributed by atoms with E-state index in [1.165, 1.54) is 24.3 Å². The number of carbonyl (C=O) groups excluding carboxylic acids is 2. The van der Waals surface area contributed by atoms with Gasteiger partial charge < -0.3 is 10.1 Å². The summed E-state index contributed by atoms with van der Waals surface area (Å²) in [6, 6.07) is 4.96. The minimum absolute atomic E-state index is 0.155. The van der Waals surface area contributed by atoms with Crippen LogP contribution in [0.5, 0.6) is 0 Å². The number of hydrogen-bond donors (Lipinski definition) is 3. The van der Waals surface area contributed by atoms with E-state index in [1.807, 2.05) is 0 Å². The molecular weight excluding hydrogens is 392 g/mol. The molecule has 1 saturated heterocycles. The molecule has 1 aromatic rings. The summed E-state index contributed by atoms with van der Waals surface area (Å²) >= 11 is -2.02. The number of hydrogen-bond acceptors (Lipinski definition) is 8. The van der Waals surface area contributed by atoms with Gasteiger partial charge in [0.25, 0.3) is 11.6 Å². The zero-order valence-corrected chi connectivity index (χ0v) is 16.5. The molecule has 2 rings (SSSR count). The average Bonchev–Trinajstić information content (AvgIpc) is 2.60. The Morgan fingerprint density at radius 3 is 2.50 bits per heavy atom. The lowest BCUT2D eigenvalue weighted by molar-refractivity contribution is -0.384. The second kappa shape index (κ2) is 8.63. The lowest BCUT2D eigenvalue weighted by Gasteiger charge is -2.37. The summed E-state index contributed by atoms with van der Waals surface area (Å²) in [5.41, 5.74) is -2.60. The van der Waals surface area contributed by atoms with E-state index < -0.39 is 45.9 Å². The molecule has 2 atom stereocenters. The van der Waals surface area contributed by atoms with E-state index in [4.69, 9.17) is 8.92 Å². The van der Waals surface area contributed by atoms with E-state index in [2.05, 4.69) is 16.0 Å². The Labute approximate surface area is 164 Å². The highest BCUT2D eigenvalue weighted by Crippen LogP contribution is 2.17. The van der Waals surface area contributed by atoms with Crippen LogP contribution >= 0.6 is 0 Å². The van der Waals surface area contributed by atoms with Gasteiger partial charge in [0.2, 0.25) is 0 Å². The van der Waals surface area contributed by atoms with Crippen LogP contribution < -0.4 is 16.0 Å². The monoisotopic (exact) mass is 414 g/mol. The van der Waals surface area contributed by atoms with Crippen LogP contribution in [0.4, 0.5) is 10.5 Å². The average molecular weight is 414 g/mol. The number of piperazine rings is 1. The van der Waals surface area contributed by atoms with E-state index in [9.17, 15) is 23.9 Å². The van der Waals surface area contributed by atoms with Crippen molar-refractivity contribution < 1.29 is 27.6 Å². The van der Waals surface area contributed by atoms with Gasteiger partial charge in [0.15, 0.2) is 16.7 Å². The summed E-state index contributed by atoms with van der Waals surface area (Å²) in [6.07, 6.45) is -0.846. The molecule has 1 fully saturated rings. The fourth-order valence-corrected chi connectivity index (χ4v) is 3.08. The van der Waals surface area contributed by atoms with E-state index in [-0.39, 0.29) is 10.6 Å². The Morgan fingerprint density at radius 2 is 1.96 bits per heavy atom. The number of nitrogens with zero attached hydrogens (tertiary/aromatic N) is 1. The van der Waals surface area contributed by atoms with Crippen molar-refractivity contribution in [3.05, 3.63) is 34.4 Å². The third kappa shape index (κ3) is 5.71. The van der Waals surface area contributed by atoms with E-state index in [0.29, 0.717) is 13.1 Å². The van der Waals surface area contributed by atoms with Gasteiger partial charge in [-0.3, -0.25) is 29.7 Å². The number of alkyl carbamates (subject to hydrolysis) is 1. The predicted molar refractivity (Wildman–Crippen MR) is 98.6 cm³/mol. The van der Waals surface area contributed by atoms with Crippen molar-refractivity contribution in [1.82, 2.24) is 16.0 Å². The maximum atomic E-state index is 12.4. The first-order chi connectivity index (χ1) is 13.0. The fourth-order valence-electron chi connectivity index (χ4n) is 2.30. The van der Waals surface area contributed by atoms with Gasteiger partial charge in [-0.25, -0.2) is 9.00 Å². The quantitative estimate of drug-likeness (QED) is 0.452. The first-order valence-corrected chi connectivity index (χ1v) is 9.44. The van der Waals surface area contributed by atoms with Crippen LogP contribution in [0, 0.1) is 10.1 Å². The lowest BCUT2D eigenvalue weighted by Crippen LogP contribution is -2.73. The predicted octanol–water partition coefficient (Wildman–Crippen LogP) is 0.574. The molecule has 1 aromatic carbocycles. The second-order valence-electron chi connectivity index (χ2n) is 6.96. The second-order valence-corrected chi connectivity index (χ2v) is 8.14. The topological polar surface area (TPSA) is 149 Å². The lowest BCUT2D eigenvalue weighted by atomic mass is 10.1. The molecule has 3 N–H and O–H groups in total. The number of nitrogens with one attached hydrogen (secondary N) is 3. The maximum Gasteiger partial charge on any atom is 0.409 e. The molecule has 154 valence electrons. The number of nitro benzene ring substituents is 1. The summed E-state index contributed by atoms with van der Waals surface area (Å²) < 4.78 is 22.8. The maximum absolute atomic E-state index is 12.4. The first kappa shape index (κ1) is 21.7. The van der Waals surface area contributed by atoms with Gasteiger partial charge in [-0.1, -0.05) is 0 Å². The Kier molecular flexibility index (Phi) is 6.69. The van der Waals surface area contributed by atoms with Crippen molar-refractivity contribution in [2.45, 2.75) is 36.9 Å². The summed E-state index contributed by atoms with van der Waals surface area (Å²) in [7, 11) is 0. The highest BCUT2D eigenvalue weighted by Gasteiger charge is 2.44. The third-order valence-corrected chi connectivity index (χ3v) is 4.55. The molecule has 0 radical (unpaired) electrons. The highest BCUT2D eigenvalue weighted by molar-refractivity contribution is 7.80. The van der Waals surface area contributed by atoms with Crippen LogP contribution in [0.25, 0.3) is 0 Å². The Balaban J connectivity index is 2.10. The molecule has 1 aliphatic rings. The molecule has 0 spiro atoms. The summed E-state index contributed by atoms with van der Waals surface area (Å²) in [6.45, 7) is 5.26. The van der Waals surface area contributed by atoms with Crippen molar-refractivity contribution in [3.8, 4) is 0 Å². The van der Waals surface area contributed by atoms with E-state index in [1.54, 1.807) is 20.8 Å². The largest absolute Gasteiger partial charge is 0.444 e. The Bertz CT molecular complexity index is 778. The highest BCUT2D eigenvalue weighted by atomic mass is 32.2. The van der Waals surface area contributed by atoms with Crippen molar-refractivity contribution in [2.75, 3.05) is 19.7 Å². The van der Waals surface area contributed by atoms with Crippen molar-refractivity contribution in [2.24, 2.45) is 0 Å². The molecule has 2 amide bonds. The summed E-state index contributed by atoms with van der Waals surface area (Å²) in [4.78, 5) is 34.8.